The van der Waals surface area contributed by atoms with Crippen molar-refractivity contribution in [3.05, 3.63) is 64.0 Å². The fourth-order valence-corrected chi connectivity index (χ4v) is 4.26. The third kappa shape index (κ3) is 5.25. The molecule has 176 valence electrons. The number of aromatic nitrogens is 2. The Labute approximate surface area is 194 Å². The molecule has 0 radical (unpaired) electrons. The van der Waals surface area contributed by atoms with Gasteiger partial charge in [0.1, 0.15) is 12.4 Å². The van der Waals surface area contributed by atoms with E-state index in [0.29, 0.717) is 36.0 Å². The van der Waals surface area contributed by atoms with E-state index in [4.69, 9.17) is 21.4 Å². The Kier molecular flexibility index (Phi) is 6.81. The number of benzene rings is 1. The van der Waals surface area contributed by atoms with Crippen molar-refractivity contribution < 1.29 is 23.0 Å². The molecule has 2 aliphatic rings. The van der Waals surface area contributed by atoms with Crippen LogP contribution in [-0.4, -0.2) is 41.0 Å². The first kappa shape index (κ1) is 23.4. The summed E-state index contributed by atoms with van der Waals surface area (Å²) in [5.74, 6) is 0.149. The quantitative estimate of drug-likeness (QED) is 0.613. The van der Waals surface area contributed by atoms with Crippen molar-refractivity contribution in [2.24, 2.45) is 5.92 Å². The molecule has 0 spiro atoms. The lowest BCUT2D eigenvalue weighted by atomic mass is 9.92. The van der Waals surface area contributed by atoms with Crippen LogP contribution in [-0.2, 0) is 13.0 Å². The van der Waals surface area contributed by atoms with Gasteiger partial charge in [-0.15, -0.1) is 0 Å². The summed E-state index contributed by atoms with van der Waals surface area (Å²) in [4.78, 5) is 11.1. The minimum absolute atomic E-state index is 0.0310. The Morgan fingerprint density at radius 2 is 2.03 bits per heavy atom. The van der Waals surface area contributed by atoms with Gasteiger partial charge in [-0.3, -0.25) is 0 Å². The van der Waals surface area contributed by atoms with E-state index in [1.807, 2.05) is 24.3 Å². The van der Waals surface area contributed by atoms with E-state index in [2.05, 4.69) is 20.2 Å². The van der Waals surface area contributed by atoms with E-state index in [0.717, 1.165) is 23.0 Å². The van der Waals surface area contributed by atoms with Gasteiger partial charge in [0.15, 0.2) is 0 Å². The number of nitrogens with one attached hydrogen (secondary N) is 1. The lowest BCUT2D eigenvalue weighted by Gasteiger charge is -2.32. The maximum atomic E-state index is 13.1. The van der Waals surface area contributed by atoms with Crippen LogP contribution in [0.25, 0.3) is 0 Å². The van der Waals surface area contributed by atoms with Gasteiger partial charge in [-0.1, -0.05) is 36.7 Å². The summed E-state index contributed by atoms with van der Waals surface area (Å²) in [6, 6.07) is 7.65. The number of rotatable bonds is 6. The van der Waals surface area contributed by atoms with Crippen LogP contribution in [0.1, 0.15) is 24.6 Å². The summed E-state index contributed by atoms with van der Waals surface area (Å²) in [6.07, 6.45) is -1.26. The predicted molar refractivity (Wildman–Crippen MR) is 120 cm³/mol. The highest BCUT2D eigenvalue weighted by Crippen LogP contribution is 2.37. The number of aliphatic hydroxyl groups excluding tert-OH is 1. The Hall–Kier alpha value is -2.78. The average molecular weight is 481 g/mol. The highest BCUT2D eigenvalue weighted by atomic mass is 35.5. The third-order valence-electron chi connectivity index (χ3n) is 5.71. The number of halogens is 4. The van der Waals surface area contributed by atoms with Crippen LogP contribution in [0, 0.1) is 5.92 Å². The summed E-state index contributed by atoms with van der Waals surface area (Å²) in [5.41, 5.74) is 2.61. The van der Waals surface area contributed by atoms with Gasteiger partial charge in [0.05, 0.1) is 29.6 Å². The molecule has 1 atom stereocenters. The molecule has 0 amide bonds. The number of alkyl halides is 3. The first-order valence-electron chi connectivity index (χ1n) is 10.6. The molecule has 33 heavy (non-hydrogen) atoms. The number of fused-ring (bicyclic) bond motifs is 1. The highest BCUT2D eigenvalue weighted by molar-refractivity contribution is 6.33. The zero-order valence-electron chi connectivity index (χ0n) is 18.0. The number of ether oxygens (including phenoxy) is 1. The molecule has 1 unspecified atom stereocenters. The maximum absolute atomic E-state index is 13.1. The SMILES string of the molecule is CC1CC(C(F)(F)F)=CC=C1Nc1nc(OCCO)nc2c1CCN(c1ccccc1Cl)C2. The van der Waals surface area contributed by atoms with Gasteiger partial charge in [0.2, 0.25) is 0 Å². The monoisotopic (exact) mass is 480 g/mol. The van der Waals surface area contributed by atoms with Crippen molar-refractivity contribution in [1.29, 1.82) is 0 Å². The fourth-order valence-electron chi connectivity index (χ4n) is 4.00. The van der Waals surface area contributed by atoms with Crippen molar-refractivity contribution in [3.8, 4) is 6.01 Å². The van der Waals surface area contributed by atoms with Crippen LogP contribution in [0.3, 0.4) is 0 Å². The smallest absolute Gasteiger partial charge is 0.412 e. The van der Waals surface area contributed by atoms with Crippen molar-refractivity contribution >= 4 is 23.1 Å². The number of hydrogen-bond acceptors (Lipinski definition) is 6. The van der Waals surface area contributed by atoms with Gasteiger partial charge >= 0.3 is 12.2 Å². The van der Waals surface area contributed by atoms with E-state index < -0.39 is 11.7 Å². The molecule has 1 aliphatic heterocycles. The standard InChI is InChI=1S/C23H24ClF3N4O2/c1-14-12-15(23(25,26)27)6-7-18(14)28-21-16-8-9-31(20-5-3-2-4-17(20)24)13-19(16)29-22(30-21)33-11-10-32/h2-7,14,32H,8-13H2,1H3,(H,28,29,30). The molecule has 4 rings (SSSR count). The van der Waals surface area contributed by atoms with Crippen LogP contribution in [0.2, 0.25) is 5.02 Å². The second-order valence-corrected chi connectivity index (χ2v) is 8.42. The van der Waals surface area contributed by atoms with E-state index in [9.17, 15) is 13.2 Å². The summed E-state index contributed by atoms with van der Waals surface area (Å²) < 4.78 is 44.7. The Morgan fingerprint density at radius 3 is 2.73 bits per heavy atom. The maximum Gasteiger partial charge on any atom is 0.412 e. The van der Waals surface area contributed by atoms with Crippen LogP contribution >= 0.6 is 11.6 Å². The molecule has 0 saturated heterocycles. The molecule has 0 bridgehead atoms. The first-order chi connectivity index (χ1) is 15.8. The van der Waals surface area contributed by atoms with Crippen molar-refractivity contribution in [2.45, 2.75) is 32.5 Å². The lowest BCUT2D eigenvalue weighted by Crippen LogP contribution is -2.32. The van der Waals surface area contributed by atoms with Crippen LogP contribution in [0.5, 0.6) is 6.01 Å². The molecule has 10 heteroatoms. The van der Waals surface area contributed by atoms with Gasteiger partial charge in [-0.2, -0.15) is 23.1 Å². The van der Waals surface area contributed by atoms with Crippen molar-refractivity contribution in [2.75, 3.05) is 30.0 Å². The molecular formula is C23H24ClF3N4O2. The first-order valence-corrected chi connectivity index (χ1v) is 11.0. The lowest BCUT2D eigenvalue weighted by molar-refractivity contribution is -0.0950. The predicted octanol–water partition coefficient (Wildman–Crippen LogP) is 4.89. The number of aliphatic hydroxyl groups is 1. The normalized spacial score (nSPS) is 18.4. The van der Waals surface area contributed by atoms with Crippen molar-refractivity contribution in [3.63, 3.8) is 0 Å². The van der Waals surface area contributed by atoms with Gasteiger partial charge in [0.25, 0.3) is 0 Å². The minimum Gasteiger partial charge on any atom is -0.461 e. The zero-order chi connectivity index (χ0) is 23.6. The summed E-state index contributed by atoms with van der Waals surface area (Å²) >= 11 is 6.37. The van der Waals surface area contributed by atoms with E-state index in [1.54, 1.807) is 6.92 Å². The molecule has 2 heterocycles. The molecule has 1 aromatic carbocycles. The van der Waals surface area contributed by atoms with Gasteiger partial charge in [0, 0.05) is 29.3 Å². The van der Waals surface area contributed by atoms with Gasteiger partial charge in [-0.25, -0.2) is 0 Å². The topological polar surface area (TPSA) is 70.5 Å². The number of hydrogen-bond donors (Lipinski definition) is 2. The van der Waals surface area contributed by atoms with E-state index in [-0.39, 0.29) is 31.6 Å². The molecule has 2 N–H and O–H groups in total. The average Bonchev–Trinajstić information content (AvgIpc) is 2.78. The molecule has 1 aromatic heterocycles. The third-order valence-corrected chi connectivity index (χ3v) is 6.03. The second-order valence-electron chi connectivity index (χ2n) is 8.02. The second kappa shape index (κ2) is 9.61. The molecular weight excluding hydrogens is 457 g/mol. The Morgan fingerprint density at radius 1 is 1.24 bits per heavy atom. The Bertz CT molecular complexity index is 1090. The van der Waals surface area contributed by atoms with Crippen molar-refractivity contribution in [1.82, 2.24) is 9.97 Å². The fraction of sp³-hybridized carbons (Fsp3) is 0.391. The van der Waals surface area contributed by atoms with Crippen LogP contribution < -0.4 is 15.0 Å². The summed E-state index contributed by atoms with van der Waals surface area (Å²) in [6.45, 7) is 2.73. The summed E-state index contributed by atoms with van der Waals surface area (Å²) in [5, 5.41) is 13.0. The number of para-hydroxylation sites is 1. The molecule has 6 nitrogen and oxygen atoms in total. The number of anilines is 2. The largest absolute Gasteiger partial charge is 0.461 e. The highest BCUT2D eigenvalue weighted by Gasteiger charge is 2.36. The molecule has 1 aliphatic carbocycles. The summed E-state index contributed by atoms with van der Waals surface area (Å²) in [7, 11) is 0. The minimum atomic E-state index is -4.34. The van der Waals surface area contributed by atoms with E-state index >= 15 is 0 Å². The Balaban J connectivity index is 1.65. The molecule has 0 saturated carbocycles. The number of allylic oxidation sites excluding steroid dienone is 4. The molecule has 2 aromatic rings. The van der Waals surface area contributed by atoms with Crippen LogP contribution in [0.15, 0.2) is 47.7 Å². The van der Waals surface area contributed by atoms with Gasteiger partial charge < -0.3 is 20.1 Å². The zero-order valence-corrected chi connectivity index (χ0v) is 18.7. The number of nitrogens with zero attached hydrogens (tertiary/aromatic N) is 3. The van der Waals surface area contributed by atoms with Crippen LogP contribution in [0.4, 0.5) is 24.7 Å². The van der Waals surface area contributed by atoms with E-state index in [1.165, 1.54) is 6.08 Å². The van der Waals surface area contributed by atoms with Gasteiger partial charge in [-0.05, 0) is 31.1 Å². The molecule has 0 fully saturated rings.